The largest absolute Gasteiger partial charge is 0.318 e. The van der Waals surface area contributed by atoms with Gasteiger partial charge in [0.15, 0.2) is 0 Å². The molecule has 0 aliphatic rings. The molecule has 11 heavy (non-hydrogen) atoms. The predicted octanol–water partition coefficient (Wildman–Crippen LogP) is -0.153. The van der Waals surface area contributed by atoms with Crippen molar-refractivity contribution in [2.24, 2.45) is 0 Å². The molecule has 0 amide bonds. The molecule has 0 aliphatic heterocycles. The number of likely N-dealkylation sites (N-methyl/N-ethyl adjacent to an activating group) is 1. The summed E-state index contributed by atoms with van der Waals surface area (Å²) in [6, 6.07) is 0. The number of nitrogens with one attached hydrogen (secondary N) is 2. The fraction of sp³-hybridized carbons (Fsp3) is 0.667. The van der Waals surface area contributed by atoms with Gasteiger partial charge in [-0.3, -0.25) is 0 Å². The molecular weight excluding hydrogens is 160 g/mol. The maximum atomic E-state index is 3.90. The zero-order valence-electron chi connectivity index (χ0n) is 6.50. The van der Waals surface area contributed by atoms with E-state index in [2.05, 4.69) is 20.2 Å². The van der Waals surface area contributed by atoms with Crippen molar-refractivity contribution in [3.63, 3.8) is 0 Å². The molecule has 62 valence electrons. The van der Waals surface area contributed by atoms with E-state index in [-0.39, 0.29) is 0 Å². The van der Waals surface area contributed by atoms with Crippen molar-refractivity contribution < 1.29 is 0 Å². The fourth-order valence-electron chi connectivity index (χ4n) is 0.691. The van der Waals surface area contributed by atoms with Crippen LogP contribution in [0.2, 0.25) is 0 Å². The first kappa shape index (κ1) is 8.58. The van der Waals surface area contributed by atoms with Gasteiger partial charge in [0.05, 0.1) is 5.69 Å². The van der Waals surface area contributed by atoms with Gasteiger partial charge in [0.25, 0.3) is 0 Å². The third kappa shape index (κ3) is 3.41. The molecule has 0 bridgehead atoms. The summed E-state index contributed by atoms with van der Waals surface area (Å²) in [5.74, 6) is 0. The van der Waals surface area contributed by atoms with E-state index < -0.39 is 0 Å². The first-order chi connectivity index (χ1) is 5.43. The Balaban J connectivity index is 2.04. The van der Waals surface area contributed by atoms with Crippen LogP contribution in [-0.2, 0) is 6.54 Å². The van der Waals surface area contributed by atoms with E-state index in [0.29, 0.717) is 0 Å². The van der Waals surface area contributed by atoms with Crippen molar-refractivity contribution in [2.75, 3.05) is 20.1 Å². The van der Waals surface area contributed by atoms with Crippen LogP contribution in [0.4, 0.5) is 0 Å². The molecule has 0 unspecified atom stereocenters. The Hall–Kier alpha value is -0.520. The normalized spacial score (nSPS) is 10.3. The van der Waals surface area contributed by atoms with Gasteiger partial charge in [-0.05, 0) is 18.6 Å². The van der Waals surface area contributed by atoms with E-state index in [9.17, 15) is 0 Å². The predicted molar refractivity (Wildman–Crippen MR) is 45.5 cm³/mol. The minimum absolute atomic E-state index is 0.818. The fourth-order valence-corrected chi connectivity index (χ4v) is 1.14. The number of nitrogens with zero attached hydrogens (tertiary/aromatic N) is 2. The van der Waals surface area contributed by atoms with Crippen LogP contribution in [0.25, 0.3) is 0 Å². The van der Waals surface area contributed by atoms with Gasteiger partial charge < -0.3 is 10.6 Å². The lowest BCUT2D eigenvalue weighted by atomic mass is 10.5. The van der Waals surface area contributed by atoms with Crippen molar-refractivity contribution in [1.29, 1.82) is 0 Å². The molecule has 0 saturated heterocycles. The van der Waals surface area contributed by atoms with Gasteiger partial charge in [-0.1, -0.05) is 4.49 Å². The summed E-state index contributed by atoms with van der Waals surface area (Å²) in [4.78, 5) is 0. The van der Waals surface area contributed by atoms with Gasteiger partial charge >= 0.3 is 0 Å². The maximum Gasteiger partial charge on any atom is 0.0893 e. The topological polar surface area (TPSA) is 49.8 Å². The molecule has 0 aromatic carbocycles. The molecule has 5 heteroatoms. The van der Waals surface area contributed by atoms with Crippen LogP contribution < -0.4 is 10.6 Å². The first-order valence-corrected chi connectivity index (χ1v) is 4.38. The van der Waals surface area contributed by atoms with Gasteiger partial charge in [0, 0.05) is 25.0 Å². The molecule has 1 aromatic heterocycles. The minimum Gasteiger partial charge on any atom is -0.318 e. The van der Waals surface area contributed by atoms with Gasteiger partial charge in [-0.25, -0.2) is 0 Å². The van der Waals surface area contributed by atoms with Crippen molar-refractivity contribution in [1.82, 2.24) is 20.2 Å². The third-order valence-corrected chi connectivity index (χ3v) is 1.82. The average molecular weight is 172 g/mol. The summed E-state index contributed by atoms with van der Waals surface area (Å²) >= 11 is 1.39. The summed E-state index contributed by atoms with van der Waals surface area (Å²) in [6.45, 7) is 2.77. The van der Waals surface area contributed by atoms with Crippen LogP contribution >= 0.6 is 11.5 Å². The minimum atomic E-state index is 0.818. The average Bonchev–Trinajstić information content (AvgIpc) is 2.50. The molecule has 0 aliphatic carbocycles. The Bertz CT molecular complexity index is 175. The molecule has 1 heterocycles. The van der Waals surface area contributed by atoms with E-state index in [1.165, 1.54) is 11.5 Å². The molecule has 2 N–H and O–H groups in total. The van der Waals surface area contributed by atoms with Crippen LogP contribution in [-0.4, -0.2) is 29.7 Å². The Morgan fingerprint density at radius 2 is 2.45 bits per heavy atom. The van der Waals surface area contributed by atoms with Crippen LogP contribution in [0.5, 0.6) is 0 Å². The summed E-state index contributed by atoms with van der Waals surface area (Å²) in [7, 11) is 1.94. The number of hydrogen-bond donors (Lipinski definition) is 2. The molecule has 0 radical (unpaired) electrons. The van der Waals surface area contributed by atoms with Gasteiger partial charge in [-0.2, -0.15) is 0 Å². The number of hydrogen-bond acceptors (Lipinski definition) is 5. The highest BCUT2D eigenvalue weighted by Gasteiger charge is 1.93. The second-order valence-electron chi connectivity index (χ2n) is 2.18. The van der Waals surface area contributed by atoms with Crippen molar-refractivity contribution in [3.05, 3.63) is 11.1 Å². The SMILES string of the molecule is CNCCNCc1csnn1. The van der Waals surface area contributed by atoms with Crippen LogP contribution in [0.3, 0.4) is 0 Å². The van der Waals surface area contributed by atoms with Crippen LogP contribution in [0.15, 0.2) is 5.38 Å². The number of aromatic nitrogens is 2. The first-order valence-electron chi connectivity index (χ1n) is 3.54. The van der Waals surface area contributed by atoms with Crippen molar-refractivity contribution in [2.45, 2.75) is 6.54 Å². The lowest BCUT2D eigenvalue weighted by molar-refractivity contribution is 0.641. The van der Waals surface area contributed by atoms with Gasteiger partial charge in [0.2, 0.25) is 0 Å². The summed E-state index contributed by atoms with van der Waals surface area (Å²) in [5.41, 5.74) is 1.02. The van der Waals surface area contributed by atoms with Crippen LogP contribution in [0, 0.1) is 0 Å². The smallest absolute Gasteiger partial charge is 0.0893 e. The molecule has 0 saturated carbocycles. The highest BCUT2D eigenvalue weighted by atomic mass is 32.1. The van der Waals surface area contributed by atoms with E-state index in [4.69, 9.17) is 0 Å². The maximum absolute atomic E-state index is 3.90. The van der Waals surface area contributed by atoms with E-state index in [1.807, 2.05) is 12.4 Å². The monoisotopic (exact) mass is 172 g/mol. The summed E-state index contributed by atoms with van der Waals surface area (Å²) in [6.07, 6.45) is 0. The Morgan fingerprint density at radius 1 is 1.55 bits per heavy atom. The zero-order chi connectivity index (χ0) is 7.94. The molecule has 0 fully saturated rings. The number of rotatable bonds is 5. The standard InChI is InChI=1S/C6H12N4S/c1-7-2-3-8-4-6-5-11-10-9-6/h5,7-8H,2-4H2,1H3. The Labute approximate surface area is 70.2 Å². The van der Waals surface area contributed by atoms with E-state index in [1.54, 1.807) is 0 Å². The van der Waals surface area contributed by atoms with E-state index in [0.717, 1.165) is 25.3 Å². The molecule has 0 spiro atoms. The van der Waals surface area contributed by atoms with Gasteiger partial charge in [-0.15, -0.1) is 5.10 Å². The summed E-state index contributed by atoms with van der Waals surface area (Å²) < 4.78 is 3.76. The highest BCUT2D eigenvalue weighted by Crippen LogP contribution is 1.94. The molecule has 0 atom stereocenters. The Morgan fingerprint density at radius 3 is 3.09 bits per heavy atom. The second-order valence-corrected chi connectivity index (χ2v) is 2.79. The van der Waals surface area contributed by atoms with Crippen molar-refractivity contribution in [3.8, 4) is 0 Å². The third-order valence-electron chi connectivity index (χ3n) is 1.26. The molecule has 4 nitrogen and oxygen atoms in total. The molecule has 1 rings (SSSR count). The lowest BCUT2D eigenvalue weighted by Gasteiger charge is -1.99. The molecular formula is C6H12N4S. The van der Waals surface area contributed by atoms with Crippen LogP contribution in [0.1, 0.15) is 5.69 Å². The molecule has 1 aromatic rings. The van der Waals surface area contributed by atoms with Crippen molar-refractivity contribution >= 4 is 11.5 Å². The Kier molecular flexibility index (Phi) is 4.03. The van der Waals surface area contributed by atoms with Gasteiger partial charge in [0.1, 0.15) is 0 Å². The quantitative estimate of drug-likeness (QED) is 0.606. The highest BCUT2D eigenvalue weighted by molar-refractivity contribution is 7.03. The second kappa shape index (κ2) is 5.17. The lowest BCUT2D eigenvalue weighted by Crippen LogP contribution is -2.24. The van der Waals surface area contributed by atoms with E-state index >= 15 is 0 Å². The zero-order valence-corrected chi connectivity index (χ0v) is 7.32. The summed E-state index contributed by atoms with van der Waals surface area (Å²) in [5, 5.41) is 12.1.